The summed E-state index contributed by atoms with van der Waals surface area (Å²) in [6, 6.07) is 32.4. The van der Waals surface area contributed by atoms with Crippen LogP contribution in [0.5, 0.6) is 0 Å². The number of nitrogens with two attached hydrogens (primary N) is 1. The van der Waals surface area contributed by atoms with E-state index >= 15 is 0 Å². The number of nitrogens with zero attached hydrogens (tertiary/aromatic N) is 4. The molecule has 2 heterocycles. The summed E-state index contributed by atoms with van der Waals surface area (Å²) in [5.74, 6) is 0.181. The van der Waals surface area contributed by atoms with E-state index < -0.39 is 11.7 Å². The quantitative estimate of drug-likeness (QED) is 0.294. The van der Waals surface area contributed by atoms with Gasteiger partial charge in [0.25, 0.3) is 5.91 Å². The van der Waals surface area contributed by atoms with Crippen LogP contribution in [0, 0.1) is 6.92 Å². The Labute approximate surface area is 242 Å². The number of amides is 1. The molecular formula is C30H24Cl3N5O. The number of aryl methyl sites for hydroxylation is 1. The van der Waals surface area contributed by atoms with Gasteiger partial charge in [0.05, 0.1) is 5.69 Å². The van der Waals surface area contributed by atoms with Crippen molar-refractivity contribution < 1.29 is 4.79 Å². The van der Waals surface area contributed by atoms with Gasteiger partial charge in [-0.3, -0.25) is 9.69 Å². The second-order valence-corrected chi connectivity index (χ2v) is 10.1. The molecular weight excluding hydrogens is 553 g/mol. The third-order valence-electron chi connectivity index (χ3n) is 6.83. The van der Waals surface area contributed by atoms with Gasteiger partial charge in [-0.15, -0.1) is 12.4 Å². The maximum Gasteiger partial charge on any atom is 0.269 e. The van der Waals surface area contributed by atoms with Gasteiger partial charge in [-0.25, -0.2) is 9.89 Å². The van der Waals surface area contributed by atoms with Crippen molar-refractivity contribution in [3.8, 4) is 0 Å². The lowest BCUT2D eigenvalue weighted by molar-refractivity contribution is -0.124. The van der Waals surface area contributed by atoms with Crippen molar-refractivity contribution in [1.82, 2.24) is 4.90 Å². The fourth-order valence-corrected chi connectivity index (χ4v) is 5.84. The lowest BCUT2D eigenvalue weighted by Crippen LogP contribution is -2.51. The minimum absolute atomic E-state index is 0. The zero-order chi connectivity index (χ0) is 26.4. The summed E-state index contributed by atoms with van der Waals surface area (Å²) in [4.78, 5) is 27.9. The molecule has 4 aromatic carbocycles. The molecule has 2 aliphatic heterocycles. The summed E-state index contributed by atoms with van der Waals surface area (Å²) in [6.07, 6.45) is -0.633. The molecule has 196 valence electrons. The summed E-state index contributed by atoms with van der Waals surface area (Å²) in [7, 11) is 0. The molecule has 6 rings (SSSR count). The Bertz CT molecular complexity index is 1550. The minimum atomic E-state index is -1.31. The molecule has 1 unspecified atom stereocenters. The highest BCUT2D eigenvalue weighted by Crippen LogP contribution is 2.50. The molecule has 4 aromatic rings. The molecule has 9 heteroatoms. The average Bonchev–Trinajstić information content (AvgIpc) is 3.17. The van der Waals surface area contributed by atoms with Crippen LogP contribution in [0.4, 0.5) is 5.69 Å². The number of hydrogen-bond acceptors (Lipinski definition) is 5. The number of hydrogen-bond donors (Lipinski definition) is 1. The molecule has 6 nitrogen and oxygen atoms in total. The first-order valence-electron chi connectivity index (χ1n) is 12.1. The van der Waals surface area contributed by atoms with Crippen molar-refractivity contribution in [3.05, 3.63) is 135 Å². The van der Waals surface area contributed by atoms with Gasteiger partial charge in [-0.2, -0.15) is 4.99 Å². The van der Waals surface area contributed by atoms with E-state index in [2.05, 4.69) is 11.1 Å². The summed E-state index contributed by atoms with van der Waals surface area (Å²) in [5.41, 5.74) is 8.98. The van der Waals surface area contributed by atoms with Crippen molar-refractivity contribution in [1.29, 1.82) is 0 Å². The van der Waals surface area contributed by atoms with Crippen molar-refractivity contribution in [2.45, 2.75) is 18.6 Å². The van der Waals surface area contributed by atoms with E-state index in [-0.39, 0.29) is 24.3 Å². The topological polar surface area (TPSA) is 74.3 Å². The Morgan fingerprint density at radius 1 is 0.821 bits per heavy atom. The summed E-state index contributed by atoms with van der Waals surface area (Å²) in [5, 5.41) is 0.800. The highest BCUT2D eigenvalue weighted by atomic mass is 35.5. The molecule has 1 atom stereocenters. The molecule has 0 saturated carbocycles. The van der Waals surface area contributed by atoms with Crippen LogP contribution in [0.2, 0.25) is 10.0 Å². The largest absolute Gasteiger partial charge is 0.368 e. The number of rotatable bonds is 4. The predicted octanol–water partition coefficient (Wildman–Crippen LogP) is 6.70. The smallest absolute Gasteiger partial charge is 0.269 e. The number of halogens is 3. The van der Waals surface area contributed by atoms with Crippen molar-refractivity contribution >= 4 is 59.1 Å². The number of guanidine groups is 2. The third-order valence-corrected chi connectivity index (χ3v) is 7.27. The normalized spacial score (nSPS) is 17.7. The molecule has 0 spiro atoms. The van der Waals surface area contributed by atoms with E-state index in [1.165, 1.54) is 0 Å². The molecule has 2 aliphatic rings. The highest BCUT2D eigenvalue weighted by molar-refractivity contribution is 6.36. The number of carbonyl (C=O) groups is 1. The summed E-state index contributed by atoms with van der Waals surface area (Å²) in [6.45, 7) is 2.02. The third kappa shape index (κ3) is 4.35. The van der Waals surface area contributed by atoms with Gasteiger partial charge in [0.1, 0.15) is 0 Å². The lowest BCUT2D eigenvalue weighted by Gasteiger charge is -2.41. The molecule has 2 N–H and O–H groups in total. The van der Waals surface area contributed by atoms with E-state index in [0.29, 0.717) is 21.7 Å². The summed E-state index contributed by atoms with van der Waals surface area (Å²) >= 11 is 12.8. The van der Waals surface area contributed by atoms with Gasteiger partial charge in [-0.1, -0.05) is 114 Å². The van der Waals surface area contributed by atoms with Crippen LogP contribution in [0.15, 0.2) is 113 Å². The second-order valence-electron chi connectivity index (χ2n) is 9.27. The molecule has 0 radical (unpaired) electrons. The highest BCUT2D eigenvalue weighted by Gasteiger charge is 2.62. The number of fused-ring (bicyclic) bond motifs is 1. The van der Waals surface area contributed by atoms with Gasteiger partial charge < -0.3 is 5.73 Å². The Kier molecular flexibility index (Phi) is 7.12. The molecule has 0 aromatic heterocycles. The van der Waals surface area contributed by atoms with Crippen LogP contribution in [0.25, 0.3) is 0 Å². The fraction of sp³-hybridized carbons (Fsp3) is 0.100. The number of aliphatic imine (C=N–C) groups is 2. The fourth-order valence-electron chi connectivity index (χ4n) is 5.33. The van der Waals surface area contributed by atoms with E-state index in [0.717, 1.165) is 22.3 Å². The first-order chi connectivity index (χ1) is 18.4. The molecule has 1 saturated heterocycles. The first kappa shape index (κ1) is 26.8. The molecule has 1 fully saturated rings. The molecule has 1 amide bonds. The van der Waals surface area contributed by atoms with Crippen molar-refractivity contribution in [2.75, 3.05) is 4.90 Å². The maximum atomic E-state index is 15.0. The van der Waals surface area contributed by atoms with Gasteiger partial charge in [-0.05, 0) is 41.8 Å². The zero-order valence-corrected chi connectivity index (χ0v) is 23.2. The van der Waals surface area contributed by atoms with Crippen molar-refractivity contribution in [2.24, 2.45) is 15.7 Å². The molecule has 0 bridgehead atoms. The second kappa shape index (κ2) is 10.4. The maximum absolute atomic E-state index is 15.0. The van der Waals surface area contributed by atoms with Crippen LogP contribution < -0.4 is 10.6 Å². The Balaban J connectivity index is 0.00000308. The van der Waals surface area contributed by atoms with E-state index in [4.69, 9.17) is 33.9 Å². The number of benzene rings is 4. The number of carbonyl (C=O) groups excluding carboxylic acids is 1. The van der Waals surface area contributed by atoms with Gasteiger partial charge >= 0.3 is 0 Å². The van der Waals surface area contributed by atoms with Gasteiger partial charge in [0.2, 0.25) is 11.9 Å². The van der Waals surface area contributed by atoms with Crippen LogP contribution in [0.1, 0.15) is 28.4 Å². The number of anilines is 1. The average molecular weight is 577 g/mol. The van der Waals surface area contributed by atoms with Crippen LogP contribution in [0.3, 0.4) is 0 Å². The van der Waals surface area contributed by atoms with Gasteiger partial charge in [0, 0.05) is 10.0 Å². The first-order valence-corrected chi connectivity index (χ1v) is 12.8. The molecule has 39 heavy (non-hydrogen) atoms. The van der Waals surface area contributed by atoms with E-state index in [1.807, 2.05) is 90.7 Å². The standard InChI is InChI=1S/C30H23Cl2N5O.ClH/c1-19-9-8-10-20(15-19)26-34-28(33)35-29-36(25-17-23(31)16-24(32)18-25)27(38)30(37(26)29,21-11-4-2-5-12-21)22-13-6-3-7-14-22;/h2-18,26H,1H3,(H2,33,34);1H. The molecule has 0 aliphatic carbocycles. The lowest BCUT2D eigenvalue weighted by atomic mass is 9.80. The van der Waals surface area contributed by atoms with Crippen LogP contribution in [-0.4, -0.2) is 22.7 Å². The zero-order valence-electron chi connectivity index (χ0n) is 20.8. The van der Waals surface area contributed by atoms with Crippen LogP contribution in [-0.2, 0) is 10.3 Å². The van der Waals surface area contributed by atoms with Gasteiger partial charge in [0.15, 0.2) is 11.7 Å². The Morgan fingerprint density at radius 3 is 1.97 bits per heavy atom. The van der Waals surface area contributed by atoms with Crippen LogP contribution >= 0.6 is 35.6 Å². The Hall–Kier alpha value is -3.84. The Morgan fingerprint density at radius 2 is 1.41 bits per heavy atom. The predicted molar refractivity (Wildman–Crippen MR) is 160 cm³/mol. The van der Waals surface area contributed by atoms with E-state index in [1.54, 1.807) is 23.1 Å². The SMILES string of the molecule is Cc1cccc(C2N=C(N)N=C3N(c4cc(Cl)cc(Cl)c4)C(=O)C(c4ccccc4)(c4ccccc4)N32)c1.Cl. The van der Waals surface area contributed by atoms with E-state index in [9.17, 15) is 4.79 Å². The van der Waals surface area contributed by atoms with Crippen molar-refractivity contribution in [3.63, 3.8) is 0 Å². The monoisotopic (exact) mass is 575 g/mol. The minimum Gasteiger partial charge on any atom is -0.368 e. The summed E-state index contributed by atoms with van der Waals surface area (Å²) < 4.78 is 0.